The van der Waals surface area contributed by atoms with Gasteiger partial charge in [0.15, 0.2) is 0 Å². The van der Waals surface area contributed by atoms with E-state index in [4.69, 9.17) is 5.26 Å². The number of quaternary nitrogens is 1. The average Bonchev–Trinajstić information content (AvgIpc) is 2.91. The lowest BCUT2D eigenvalue weighted by Crippen LogP contribution is -2.57. The highest BCUT2D eigenvalue weighted by Gasteiger charge is 2.45. The monoisotopic (exact) mass is 552 g/mol. The van der Waals surface area contributed by atoms with Crippen molar-refractivity contribution >= 4 is 30.4 Å². The van der Waals surface area contributed by atoms with Crippen LogP contribution in [0.3, 0.4) is 0 Å². The van der Waals surface area contributed by atoms with Crippen LogP contribution in [0.15, 0.2) is 0 Å². The van der Waals surface area contributed by atoms with Crippen LogP contribution in [0.2, 0.25) is 0 Å². The van der Waals surface area contributed by atoms with Gasteiger partial charge < -0.3 is 12.6 Å². The van der Waals surface area contributed by atoms with Crippen molar-refractivity contribution < 1.29 is 18.9 Å². The molecule has 222 valence electrons. The first-order valence-corrected chi connectivity index (χ1v) is 16.2. The van der Waals surface area contributed by atoms with Crippen LogP contribution < -0.4 is 0 Å². The summed E-state index contributed by atoms with van der Waals surface area (Å²) in [6.45, 7) is 6.64. The van der Waals surface area contributed by atoms with E-state index >= 15 is 0 Å². The third-order valence-electron chi connectivity index (χ3n) is 7.48. The van der Waals surface area contributed by atoms with Crippen molar-refractivity contribution in [2.45, 2.75) is 175 Å². The lowest BCUT2D eigenvalue weighted by molar-refractivity contribution is -0.681. The number of hydrogen-bond acceptors (Lipinski definition) is 5. The fourth-order valence-corrected chi connectivity index (χ4v) is 4.79. The standard InChI is InChI=1S/C31H60NO3.CHNS/c1-5-8-11-14-17-20-23-26-29(33)32(4,30(34)27-24-21-18-15-12-9-6-2)31(35)28-25-22-19-16-13-10-7-3;2-1-3/h5-28H2,1-4H3;3H/q+1;/p-1. The normalized spacial score (nSPS) is 10.9. The Morgan fingerprint density at radius 2 is 0.684 bits per heavy atom. The van der Waals surface area contributed by atoms with E-state index in [2.05, 4.69) is 33.4 Å². The molecule has 0 bridgehead atoms. The fraction of sp³-hybridized carbons (Fsp3) is 0.875. The molecular weight excluding hydrogens is 492 g/mol. The van der Waals surface area contributed by atoms with E-state index in [1.54, 1.807) is 7.05 Å². The average molecular weight is 553 g/mol. The molecule has 5 nitrogen and oxygen atoms in total. The molecule has 0 spiro atoms. The Labute approximate surface area is 241 Å². The van der Waals surface area contributed by atoms with E-state index in [1.165, 1.54) is 82.5 Å². The molecule has 38 heavy (non-hydrogen) atoms. The van der Waals surface area contributed by atoms with Gasteiger partial charge in [0, 0.05) is 0 Å². The van der Waals surface area contributed by atoms with Crippen molar-refractivity contribution in [1.82, 2.24) is 0 Å². The summed E-state index contributed by atoms with van der Waals surface area (Å²) in [5.74, 6) is -0.543. The Bertz CT molecular complexity index is 557. The molecular formula is C32H60N2O3S. The summed E-state index contributed by atoms with van der Waals surface area (Å²) in [6.07, 6.45) is 24.7. The second-order valence-electron chi connectivity index (χ2n) is 10.9. The van der Waals surface area contributed by atoms with Crippen LogP contribution in [0.4, 0.5) is 0 Å². The highest BCUT2D eigenvalue weighted by molar-refractivity contribution is 7.64. The van der Waals surface area contributed by atoms with Gasteiger partial charge in [-0.1, -0.05) is 142 Å². The van der Waals surface area contributed by atoms with Gasteiger partial charge in [-0.3, -0.25) is 0 Å². The Kier molecular flexibility index (Phi) is 29.3. The van der Waals surface area contributed by atoms with Crippen molar-refractivity contribution in [2.24, 2.45) is 0 Å². The van der Waals surface area contributed by atoms with E-state index in [1.807, 2.05) is 0 Å². The summed E-state index contributed by atoms with van der Waals surface area (Å²) in [4.78, 5) is 39.7. The van der Waals surface area contributed by atoms with Gasteiger partial charge >= 0.3 is 17.7 Å². The first-order valence-electron chi connectivity index (χ1n) is 15.8. The quantitative estimate of drug-likeness (QED) is 0.0516. The molecule has 0 rings (SSSR count). The maximum absolute atomic E-state index is 13.2. The van der Waals surface area contributed by atoms with Crippen LogP contribution in [-0.2, 0) is 27.0 Å². The SMILES string of the molecule is CCCCCCCCCC(=O)[N+](C)(C(=O)CCCCCCCCC)C(=O)CCCCCCCCC.N#C[S-]. The summed E-state index contributed by atoms with van der Waals surface area (Å²) < 4.78 is -0.596. The zero-order chi connectivity index (χ0) is 28.9. The predicted octanol–water partition coefficient (Wildman–Crippen LogP) is 9.45. The fourth-order valence-electron chi connectivity index (χ4n) is 4.79. The Morgan fingerprint density at radius 1 is 0.500 bits per heavy atom. The van der Waals surface area contributed by atoms with Crippen LogP contribution in [0.1, 0.15) is 175 Å². The third kappa shape index (κ3) is 20.6. The number of hydrogen-bond donors (Lipinski definition) is 0. The van der Waals surface area contributed by atoms with E-state index in [0.29, 0.717) is 19.3 Å². The van der Waals surface area contributed by atoms with Crippen molar-refractivity contribution in [3.05, 3.63) is 0 Å². The molecule has 3 amide bonds. The second-order valence-corrected chi connectivity index (χ2v) is 11.1. The molecule has 0 atom stereocenters. The Morgan fingerprint density at radius 3 is 0.895 bits per heavy atom. The highest BCUT2D eigenvalue weighted by atomic mass is 32.1. The van der Waals surface area contributed by atoms with Crippen LogP contribution in [-0.4, -0.2) is 29.3 Å². The maximum Gasteiger partial charge on any atom is 0.328 e. The van der Waals surface area contributed by atoms with Gasteiger partial charge in [-0.05, 0) is 19.3 Å². The van der Waals surface area contributed by atoms with E-state index in [9.17, 15) is 14.4 Å². The first-order chi connectivity index (χ1) is 18.4. The molecule has 0 unspecified atom stereocenters. The molecule has 0 saturated heterocycles. The van der Waals surface area contributed by atoms with Gasteiger partial charge in [0.05, 0.1) is 26.3 Å². The molecule has 0 aliphatic heterocycles. The molecule has 0 aliphatic carbocycles. The number of carbonyl (C=O) groups is 3. The molecule has 0 aromatic carbocycles. The smallest absolute Gasteiger partial charge is 0.328 e. The van der Waals surface area contributed by atoms with Crippen LogP contribution in [0, 0.1) is 10.7 Å². The number of thiocyanates is 1. The van der Waals surface area contributed by atoms with Crippen LogP contribution >= 0.6 is 0 Å². The third-order valence-corrected chi connectivity index (χ3v) is 7.48. The van der Waals surface area contributed by atoms with Gasteiger partial charge in [-0.15, -0.1) is 4.48 Å². The summed E-state index contributed by atoms with van der Waals surface area (Å²) in [7, 11) is 1.59. The van der Waals surface area contributed by atoms with Crippen molar-refractivity contribution in [3.63, 3.8) is 0 Å². The minimum atomic E-state index is -0.596. The number of carbonyl (C=O) groups excluding carboxylic acids is 3. The number of unbranched alkanes of at least 4 members (excludes halogenated alkanes) is 18. The number of rotatable bonds is 24. The molecule has 0 aromatic rings. The maximum atomic E-state index is 13.2. The van der Waals surface area contributed by atoms with Gasteiger partial charge in [0.25, 0.3) is 0 Å². The lowest BCUT2D eigenvalue weighted by Gasteiger charge is -2.26. The van der Waals surface area contributed by atoms with Gasteiger partial charge in [-0.25, -0.2) is 19.6 Å². The van der Waals surface area contributed by atoms with E-state index < -0.39 is 4.48 Å². The topological polar surface area (TPSA) is 75.0 Å². The number of amides is 3. The Hall–Kier alpha value is -1.32. The molecule has 6 heteroatoms. The molecule has 0 aliphatic rings. The molecule has 0 N–H and O–H groups in total. The summed E-state index contributed by atoms with van der Waals surface area (Å²) in [5.41, 5.74) is 0. The lowest BCUT2D eigenvalue weighted by atomic mass is 10.0. The van der Waals surface area contributed by atoms with Gasteiger partial charge in [-0.2, -0.15) is 0 Å². The van der Waals surface area contributed by atoms with Crippen molar-refractivity contribution in [1.29, 1.82) is 5.26 Å². The van der Waals surface area contributed by atoms with E-state index in [0.717, 1.165) is 57.8 Å². The predicted molar refractivity (Wildman–Crippen MR) is 162 cm³/mol. The van der Waals surface area contributed by atoms with Gasteiger partial charge in [0.2, 0.25) is 0 Å². The number of nitrogens with zero attached hydrogens (tertiary/aromatic N) is 2. The minimum Gasteiger partial charge on any atom is -0.696 e. The van der Waals surface area contributed by atoms with Crippen molar-refractivity contribution in [3.8, 4) is 5.40 Å². The summed E-state index contributed by atoms with van der Waals surface area (Å²) in [6, 6.07) is 0. The Balaban J connectivity index is 0. The molecule has 0 radical (unpaired) electrons. The molecule has 0 saturated carbocycles. The van der Waals surface area contributed by atoms with Crippen molar-refractivity contribution in [2.75, 3.05) is 7.05 Å². The summed E-state index contributed by atoms with van der Waals surface area (Å²) in [5, 5.41) is 8.47. The van der Waals surface area contributed by atoms with Gasteiger partial charge in [0.1, 0.15) is 0 Å². The molecule has 0 heterocycles. The summed E-state index contributed by atoms with van der Waals surface area (Å²) >= 11 is 3.70. The van der Waals surface area contributed by atoms with Crippen LogP contribution in [0.5, 0.6) is 0 Å². The second kappa shape index (κ2) is 28.7. The minimum absolute atomic E-state index is 0.181. The number of nitriles is 1. The first kappa shape index (κ1) is 38.8. The zero-order valence-corrected chi connectivity index (χ0v) is 26.3. The molecule has 0 fully saturated rings. The van der Waals surface area contributed by atoms with Crippen LogP contribution in [0.25, 0.3) is 0 Å². The van der Waals surface area contributed by atoms with E-state index in [-0.39, 0.29) is 17.7 Å². The molecule has 0 aromatic heterocycles. The largest absolute Gasteiger partial charge is 0.696 e. The highest BCUT2D eigenvalue weighted by Crippen LogP contribution is 2.20. The zero-order valence-electron chi connectivity index (χ0n) is 25.5. The number of imide groups is 3.